The molecule has 112 valence electrons. The van der Waals surface area contributed by atoms with Gasteiger partial charge in [0.25, 0.3) is 5.91 Å². The third-order valence-corrected chi connectivity index (χ3v) is 3.35. The van der Waals surface area contributed by atoms with E-state index in [0.29, 0.717) is 16.7 Å². The molecule has 0 aliphatic carbocycles. The number of rotatable bonds is 3. The number of nitrogens with zero attached hydrogens (tertiary/aromatic N) is 1. The minimum Gasteiger partial charge on any atom is -0.343 e. The Bertz CT molecular complexity index is 664. The normalized spacial score (nSPS) is 11.5. The van der Waals surface area contributed by atoms with Gasteiger partial charge in [-0.25, -0.2) is 0 Å². The zero-order valence-corrected chi connectivity index (χ0v) is 12.6. The molecule has 0 saturated carbocycles. The van der Waals surface area contributed by atoms with Gasteiger partial charge in [0.05, 0.1) is 11.3 Å². The van der Waals surface area contributed by atoms with Crippen molar-refractivity contribution in [3.8, 4) is 0 Å². The van der Waals surface area contributed by atoms with Crippen LogP contribution in [0.4, 0.5) is 18.9 Å². The molecule has 1 aromatic heterocycles. The predicted molar refractivity (Wildman–Crippen MR) is 77.2 cm³/mol. The fourth-order valence-electron chi connectivity index (χ4n) is 1.95. The van der Waals surface area contributed by atoms with Crippen LogP contribution in [-0.4, -0.2) is 10.5 Å². The van der Waals surface area contributed by atoms with Crippen molar-refractivity contribution in [2.24, 2.45) is 0 Å². The van der Waals surface area contributed by atoms with Gasteiger partial charge in [0.1, 0.15) is 5.69 Å². The number of hydrogen-bond donors (Lipinski definition) is 1. The molecule has 1 aromatic carbocycles. The van der Waals surface area contributed by atoms with Crippen molar-refractivity contribution in [1.29, 1.82) is 0 Å². The van der Waals surface area contributed by atoms with Gasteiger partial charge in [0, 0.05) is 17.2 Å². The van der Waals surface area contributed by atoms with E-state index in [1.807, 2.05) is 6.92 Å². The van der Waals surface area contributed by atoms with Crippen LogP contribution in [0.3, 0.4) is 0 Å². The molecule has 2 aromatic rings. The molecule has 0 aliphatic heterocycles. The van der Waals surface area contributed by atoms with Crippen LogP contribution >= 0.6 is 15.9 Å². The van der Waals surface area contributed by atoms with Gasteiger partial charge in [0.15, 0.2) is 0 Å². The number of carbonyl (C=O) groups is 1. The van der Waals surface area contributed by atoms with E-state index in [2.05, 4.69) is 21.2 Å². The Balaban J connectivity index is 2.32. The lowest BCUT2D eigenvalue weighted by molar-refractivity contribution is -0.136. The number of hydrogen-bond acceptors (Lipinski definition) is 1. The summed E-state index contributed by atoms with van der Waals surface area (Å²) in [6.45, 7) is 2.38. The number of aryl methyl sites for hydroxylation is 1. The van der Waals surface area contributed by atoms with Crippen molar-refractivity contribution in [2.45, 2.75) is 19.6 Å². The highest BCUT2D eigenvalue weighted by molar-refractivity contribution is 9.10. The first-order chi connectivity index (χ1) is 9.82. The highest BCUT2D eigenvalue weighted by Crippen LogP contribution is 2.34. The standard InChI is InChI=1S/C14H12BrF3N2O/c1-2-20-8-9(15)7-12(20)13(21)19-11-6-4-3-5-10(11)14(16,17)18/h3-8H,2H2,1H3,(H,19,21). The molecule has 1 heterocycles. The molecule has 0 atom stereocenters. The van der Waals surface area contributed by atoms with E-state index < -0.39 is 17.6 Å². The molecular formula is C14H12BrF3N2O. The maximum Gasteiger partial charge on any atom is 0.418 e. The molecule has 0 fully saturated rings. The Hall–Kier alpha value is -1.76. The molecule has 1 N–H and O–H groups in total. The van der Waals surface area contributed by atoms with Gasteiger partial charge >= 0.3 is 6.18 Å². The number of carbonyl (C=O) groups excluding carboxylic acids is 1. The Kier molecular flexibility index (Phi) is 4.41. The van der Waals surface area contributed by atoms with E-state index in [4.69, 9.17) is 0 Å². The topological polar surface area (TPSA) is 34.0 Å². The highest BCUT2D eigenvalue weighted by Gasteiger charge is 2.33. The first kappa shape index (κ1) is 15.6. The summed E-state index contributed by atoms with van der Waals surface area (Å²) in [7, 11) is 0. The van der Waals surface area contributed by atoms with E-state index in [-0.39, 0.29) is 5.69 Å². The summed E-state index contributed by atoms with van der Waals surface area (Å²) in [6, 6.07) is 6.46. The van der Waals surface area contributed by atoms with E-state index in [1.54, 1.807) is 16.8 Å². The summed E-state index contributed by atoms with van der Waals surface area (Å²) in [6.07, 6.45) is -2.82. The first-order valence-electron chi connectivity index (χ1n) is 6.16. The molecule has 0 unspecified atom stereocenters. The number of amides is 1. The molecule has 0 spiro atoms. The second kappa shape index (κ2) is 5.93. The molecule has 7 heteroatoms. The van der Waals surface area contributed by atoms with E-state index in [0.717, 1.165) is 6.07 Å². The van der Waals surface area contributed by atoms with Gasteiger partial charge in [-0.2, -0.15) is 13.2 Å². The van der Waals surface area contributed by atoms with Crippen molar-refractivity contribution in [1.82, 2.24) is 4.57 Å². The SMILES string of the molecule is CCn1cc(Br)cc1C(=O)Nc1ccccc1C(F)(F)F. The number of anilines is 1. The van der Waals surface area contributed by atoms with Gasteiger partial charge in [-0.15, -0.1) is 0 Å². The fourth-order valence-corrected chi connectivity index (χ4v) is 2.42. The number of aromatic nitrogens is 1. The van der Waals surface area contributed by atoms with Gasteiger partial charge < -0.3 is 9.88 Å². The summed E-state index contributed by atoms with van der Waals surface area (Å²) >= 11 is 3.24. The summed E-state index contributed by atoms with van der Waals surface area (Å²) in [4.78, 5) is 12.2. The van der Waals surface area contributed by atoms with E-state index in [9.17, 15) is 18.0 Å². The van der Waals surface area contributed by atoms with Gasteiger partial charge in [-0.05, 0) is 41.1 Å². The van der Waals surface area contributed by atoms with Crippen LogP contribution in [0.2, 0.25) is 0 Å². The molecule has 0 radical (unpaired) electrons. The smallest absolute Gasteiger partial charge is 0.343 e. The number of benzene rings is 1. The summed E-state index contributed by atoms with van der Waals surface area (Å²) in [5.74, 6) is -0.584. The van der Waals surface area contributed by atoms with Crippen LogP contribution in [0.15, 0.2) is 41.0 Å². The van der Waals surface area contributed by atoms with Crippen molar-refractivity contribution >= 4 is 27.5 Å². The van der Waals surface area contributed by atoms with Crippen molar-refractivity contribution in [2.75, 3.05) is 5.32 Å². The van der Waals surface area contributed by atoms with Crippen molar-refractivity contribution in [3.63, 3.8) is 0 Å². The highest BCUT2D eigenvalue weighted by atomic mass is 79.9. The van der Waals surface area contributed by atoms with Gasteiger partial charge in [-0.3, -0.25) is 4.79 Å². The fraction of sp³-hybridized carbons (Fsp3) is 0.214. The lowest BCUT2D eigenvalue weighted by Crippen LogP contribution is -2.19. The molecule has 21 heavy (non-hydrogen) atoms. The number of halogens is 4. The number of alkyl halides is 3. The third-order valence-electron chi connectivity index (χ3n) is 2.92. The van der Waals surface area contributed by atoms with E-state index >= 15 is 0 Å². The Labute approximate surface area is 127 Å². The summed E-state index contributed by atoms with van der Waals surface area (Å²) in [5.41, 5.74) is -0.830. The molecule has 3 nitrogen and oxygen atoms in total. The Morgan fingerprint density at radius 2 is 2.00 bits per heavy atom. The molecule has 1 amide bonds. The van der Waals surface area contributed by atoms with Crippen LogP contribution in [0.5, 0.6) is 0 Å². The van der Waals surface area contributed by atoms with Gasteiger partial charge in [-0.1, -0.05) is 12.1 Å². The lowest BCUT2D eigenvalue weighted by Gasteiger charge is -2.14. The molecule has 2 rings (SSSR count). The summed E-state index contributed by atoms with van der Waals surface area (Å²) in [5, 5.41) is 2.32. The van der Waals surface area contributed by atoms with Crippen LogP contribution in [0.25, 0.3) is 0 Å². The van der Waals surface area contributed by atoms with Gasteiger partial charge in [0.2, 0.25) is 0 Å². The molecule has 0 saturated heterocycles. The predicted octanol–water partition coefficient (Wildman–Crippen LogP) is 4.54. The van der Waals surface area contributed by atoms with Crippen LogP contribution in [0.1, 0.15) is 23.0 Å². The van der Waals surface area contributed by atoms with Crippen LogP contribution in [-0.2, 0) is 12.7 Å². The maximum absolute atomic E-state index is 12.9. The molecule has 0 aliphatic rings. The van der Waals surface area contributed by atoms with Crippen molar-refractivity contribution in [3.05, 3.63) is 52.3 Å². The van der Waals surface area contributed by atoms with Crippen LogP contribution < -0.4 is 5.32 Å². The average molecular weight is 361 g/mol. The number of nitrogens with one attached hydrogen (secondary N) is 1. The second-order valence-corrected chi connectivity index (χ2v) is 5.24. The molecular weight excluding hydrogens is 349 g/mol. The number of para-hydroxylation sites is 1. The second-order valence-electron chi connectivity index (χ2n) is 4.33. The monoisotopic (exact) mass is 360 g/mol. The van der Waals surface area contributed by atoms with Crippen LogP contribution in [0, 0.1) is 0 Å². The summed E-state index contributed by atoms with van der Waals surface area (Å²) < 4.78 is 41.0. The maximum atomic E-state index is 12.9. The third kappa shape index (κ3) is 3.47. The molecule has 0 bridgehead atoms. The quantitative estimate of drug-likeness (QED) is 0.856. The Morgan fingerprint density at radius 1 is 1.33 bits per heavy atom. The first-order valence-corrected chi connectivity index (χ1v) is 6.95. The lowest BCUT2D eigenvalue weighted by atomic mass is 10.1. The zero-order chi connectivity index (χ0) is 15.6. The van der Waals surface area contributed by atoms with Crippen molar-refractivity contribution < 1.29 is 18.0 Å². The minimum absolute atomic E-state index is 0.255. The van der Waals surface area contributed by atoms with E-state index in [1.165, 1.54) is 18.2 Å². The average Bonchev–Trinajstić information content (AvgIpc) is 2.79. The zero-order valence-electron chi connectivity index (χ0n) is 11.0. The minimum atomic E-state index is -4.52. The Morgan fingerprint density at radius 3 is 2.62 bits per heavy atom. The largest absolute Gasteiger partial charge is 0.418 e.